The summed E-state index contributed by atoms with van der Waals surface area (Å²) in [5.41, 5.74) is 0.638. The zero-order valence-electron chi connectivity index (χ0n) is 13.5. The van der Waals surface area contributed by atoms with Crippen LogP contribution in [0.2, 0.25) is 0 Å². The number of aryl methyl sites for hydroxylation is 1. The number of methoxy groups -OCH3 is 1. The van der Waals surface area contributed by atoms with Crippen molar-refractivity contribution in [1.82, 2.24) is 9.97 Å². The molecule has 0 radical (unpaired) electrons. The molecule has 1 saturated carbocycles. The van der Waals surface area contributed by atoms with Crippen molar-refractivity contribution < 1.29 is 4.74 Å². The molecule has 4 nitrogen and oxygen atoms in total. The van der Waals surface area contributed by atoms with Gasteiger partial charge in [-0.2, -0.15) is 0 Å². The molecule has 1 aromatic heterocycles. The van der Waals surface area contributed by atoms with Crippen molar-refractivity contribution in [3.63, 3.8) is 0 Å². The van der Waals surface area contributed by atoms with E-state index in [1.54, 1.807) is 7.11 Å². The lowest BCUT2D eigenvalue weighted by Crippen LogP contribution is -2.36. The molecule has 1 heterocycles. The van der Waals surface area contributed by atoms with Gasteiger partial charge in [0.25, 0.3) is 0 Å². The highest BCUT2D eigenvalue weighted by molar-refractivity contribution is 9.10. The lowest BCUT2D eigenvalue weighted by atomic mass is 9.78. The van der Waals surface area contributed by atoms with Crippen LogP contribution in [0.4, 0.5) is 5.82 Å². The third kappa shape index (κ3) is 3.57. The molecule has 0 saturated heterocycles. The van der Waals surface area contributed by atoms with Crippen molar-refractivity contribution in [3.05, 3.63) is 16.0 Å². The van der Waals surface area contributed by atoms with Crippen LogP contribution >= 0.6 is 15.9 Å². The first-order valence-electron chi connectivity index (χ1n) is 7.86. The Labute approximate surface area is 136 Å². The van der Waals surface area contributed by atoms with E-state index in [2.05, 4.69) is 35.1 Å². The molecule has 1 aliphatic carbocycles. The lowest BCUT2D eigenvalue weighted by Gasteiger charge is -2.37. The van der Waals surface area contributed by atoms with Crippen molar-refractivity contribution in [1.29, 1.82) is 0 Å². The fourth-order valence-electron chi connectivity index (χ4n) is 3.11. The van der Waals surface area contributed by atoms with E-state index >= 15 is 0 Å². The van der Waals surface area contributed by atoms with Gasteiger partial charge in [0, 0.05) is 13.7 Å². The van der Waals surface area contributed by atoms with Gasteiger partial charge in [-0.25, -0.2) is 9.97 Å². The van der Waals surface area contributed by atoms with Crippen LogP contribution in [-0.2, 0) is 10.3 Å². The van der Waals surface area contributed by atoms with Crippen LogP contribution in [-0.4, -0.2) is 23.6 Å². The average Bonchev–Trinajstić information content (AvgIpc) is 2.48. The molecule has 1 aliphatic rings. The van der Waals surface area contributed by atoms with Gasteiger partial charge in [-0.15, -0.1) is 0 Å². The van der Waals surface area contributed by atoms with Gasteiger partial charge >= 0.3 is 0 Å². The van der Waals surface area contributed by atoms with E-state index in [0.717, 1.165) is 47.6 Å². The summed E-state index contributed by atoms with van der Waals surface area (Å²) in [7, 11) is 1.79. The van der Waals surface area contributed by atoms with Gasteiger partial charge < -0.3 is 10.1 Å². The Balaban J connectivity index is 2.39. The molecule has 2 rings (SSSR count). The molecule has 0 aromatic carbocycles. The van der Waals surface area contributed by atoms with Crippen LogP contribution in [0.3, 0.4) is 0 Å². The van der Waals surface area contributed by atoms with Crippen molar-refractivity contribution in [3.8, 4) is 0 Å². The Morgan fingerprint density at radius 2 is 2.19 bits per heavy atom. The Kier molecular flexibility index (Phi) is 5.60. The topological polar surface area (TPSA) is 47.0 Å². The Morgan fingerprint density at radius 1 is 1.43 bits per heavy atom. The molecule has 118 valence electrons. The SMILES string of the molecule is CCCNc1nc(C2(OC)CCCC(C)C2)nc(C)c1Br. The third-order valence-corrected chi connectivity index (χ3v) is 5.26. The largest absolute Gasteiger partial charge is 0.370 e. The van der Waals surface area contributed by atoms with Crippen molar-refractivity contribution in [2.75, 3.05) is 19.0 Å². The summed E-state index contributed by atoms with van der Waals surface area (Å²) in [6, 6.07) is 0. The van der Waals surface area contributed by atoms with Gasteiger partial charge in [0.2, 0.25) is 0 Å². The number of nitrogens with zero attached hydrogens (tertiary/aromatic N) is 2. The number of rotatable bonds is 5. The number of anilines is 1. The van der Waals surface area contributed by atoms with Crippen LogP contribution in [0.1, 0.15) is 57.5 Å². The first-order chi connectivity index (χ1) is 10.0. The van der Waals surface area contributed by atoms with Crippen LogP contribution in [0, 0.1) is 12.8 Å². The quantitative estimate of drug-likeness (QED) is 0.848. The van der Waals surface area contributed by atoms with E-state index in [-0.39, 0.29) is 5.60 Å². The predicted molar refractivity (Wildman–Crippen MR) is 89.6 cm³/mol. The summed E-state index contributed by atoms with van der Waals surface area (Å²) in [6.07, 6.45) is 5.50. The maximum Gasteiger partial charge on any atom is 0.162 e. The zero-order valence-corrected chi connectivity index (χ0v) is 15.1. The second-order valence-corrected chi connectivity index (χ2v) is 6.91. The van der Waals surface area contributed by atoms with E-state index in [0.29, 0.717) is 5.92 Å². The Bertz CT molecular complexity index is 495. The molecule has 1 fully saturated rings. The fourth-order valence-corrected chi connectivity index (χ4v) is 3.42. The van der Waals surface area contributed by atoms with Gasteiger partial charge in [-0.05, 0) is 54.5 Å². The minimum atomic E-state index is -0.328. The van der Waals surface area contributed by atoms with Gasteiger partial charge in [0.1, 0.15) is 11.4 Å². The van der Waals surface area contributed by atoms with Gasteiger partial charge in [-0.3, -0.25) is 0 Å². The number of ether oxygens (including phenoxy) is 1. The maximum absolute atomic E-state index is 5.92. The molecule has 21 heavy (non-hydrogen) atoms. The van der Waals surface area contributed by atoms with Crippen LogP contribution in [0.25, 0.3) is 0 Å². The average molecular weight is 356 g/mol. The molecular weight excluding hydrogens is 330 g/mol. The van der Waals surface area contributed by atoms with Gasteiger partial charge in [0.15, 0.2) is 5.82 Å². The molecule has 5 heteroatoms. The summed E-state index contributed by atoms with van der Waals surface area (Å²) in [5, 5.41) is 3.38. The summed E-state index contributed by atoms with van der Waals surface area (Å²) in [4.78, 5) is 9.50. The summed E-state index contributed by atoms with van der Waals surface area (Å²) in [6.45, 7) is 7.36. The zero-order chi connectivity index (χ0) is 15.5. The van der Waals surface area contributed by atoms with Crippen molar-refractivity contribution in [2.24, 2.45) is 5.92 Å². The maximum atomic E-state index is 5.92. The first kappa shape index (κ1) is 16.7. The molecule has 0 amide bonds. The number of aromatic nitrogens is 2. The van der Waals surface area contributed by atoms with E-state index in [4.69, 9.17) is 14.7 Å². The van der Waals surface area contributed by atoms with E-state index in [1.807, 2.05) is 6.92 Å². The molecule has 1 aromatic rings. The monoisotopic (exact) mass is 355 g/mol. The van der Waals surface area contributed by atoms with Crippen molar-refractivity contribution in [2.45, 2.75) is 58.5 Å². The van der Waals surface area contributed by atoms with Crippen LogP contribution < -0.4 is 5.32 Å². The second kappa shape index (κ2) is 7.05. The molecule has 2 unspecified atom stereocenters. The highest BCUT2D eigenvalue weighted by atomic mass is 79.9. The predicted octanol–water partition coefficient (Wildman–Crippen LogP) is 4.42. The second-order valence-electron chi connectivity index (χ2n) is 6.12. The number of nitrogens with one attached hydrogen (secondary N) is 1. The minimum absolute atomic E-state index is 0.328. The number of halogens is 1. The normalized spacial score (nSPS) is 25.9. The van der Waals surface area contributed by atoms with Crippen molar-refractivity contribution >= 4 is 21.7 Å². The van der Waals surface area contributed by atoms with E-state index in [1.165, 1.54) is 12.8 Å². The molecule has 1 N–H and O–H groups in total. The molecule has 0 aliphatic heterocycles. The smallest absolute Gasteiger partial charge is 0.162 e. The number of hydrogen-bond donors (Lipinski definition) is 1. The Hall–Kier alpha value is -0.680. The molecule has 0 spiro atoms. The van der Waals surface area contributed by atoms with Crippen LogP contribution in [0.5, 0.6) is 0 Å². The summed E-state index contributed by atoms with van der Waals surface area (Å²) < 4.78 is 6.88. The van der Waals surface area contributed by atoms with Gasteiger partial charge in [-0.1, -0.05) is 20.3 Å². The minimum Gasteiger partial charge on any atom is -0.370 e. The Morgan fingerprint density at radius 3 is 2.81 bits per heavy atom. The standard InChI is InChI=1S/C16H26BrN3O/c1-5-9-18-14-13(17)12(3)19-15(20-14)16(21-4)8-6-7-11(2)10-16/h11H,5-10H2,1-4H3,(H,18,19,20). The fraction of sp³-hybridized carbons (Fsp3) is 0.750. The number of hydrogen-bond acceptors (Lipinski definition) is 4. The first-order valence-corrected chi connectivity index (χ1v) is 8.65. The molecule has 0 bridgehead atoms. The summed E-state index contributed by atoms with van der Waals surface area (Å²) in [5.74, 6) is 2.36. The molecular formula is C16H26BrN3O. The summed E-state index contributed by atoms with van der Waals surface area (Å²) >= 11 is 3.59. The lowest BCUT2D eigenvalue weighted by molar-refractivity contribution is -0.0646. The van der Waals surface area contributed by atoms with Gasteiger partial charge in [0.05, 0.1) is 10.2 Å². The highest BCUT2D eigenvalue weighted by Gasteiger charge is 2.40. The third-order valence-electron chi connectivity index (χ3n) is 4.31. The highest BCUT2D eigenvalue weighted by Crippen LogP contribution is 2.42. The van der Waals surface area contributed by atoms with Crippen LogP contribution in [0.15, 0.2) is 4.47 Å². The van der Waals surface area contributed by atoms with E-state index < -0.39 is 0 Å². The van der Waals surface area contributed by atoms with E-state index in [9.17, 15) is 0 Å². The molecule has 2 atom stereocenters.